The minimum Gasteiger partial charge on any atom is -0.264 e. The highest BCUT2D eigenvalue weighted by Gasteiger charge is 2.38. The smallest absolute Gasteiger partial charge is 0.264 e. The first-order valence-electron chi connectivity index (χ1n) is 9.96. The van der Waals surface area contributed by atoms with Gasteiger partial charge in [0.1, 0.15) is 4.95 Å². The molecule has 0 N–H and O–H groups in total. The summed E-state index contributed by atoms with van der Waals surface area (Å²) < 4.78 is 83.5. The number of aromatic nitrogens is 4. The van der Waals surface area contributed by atoms with Crippen LogP contribution >= 0.6 is 31.9 Å². The predicted molar refractivity (Wildman–Crippen MR) is 125 cm³/mol. The number of hydrogen-bond donors (Lipinski definition) is 0. The third-order valence-corrected chi connectivity index (χ3v) is 7.71. The number of nitrogens with zero attached hydrogens (tertiary/aromatic N) is 4. The van der Waals surface area contributed by atoms with Crippen molar-refractivity contribution >= 4 is 31.9 Å². The van der Waals surface area contributed by atoms with Gasteiger partial charge in [0, 0.05) is 23.5 Å². The first-order valence-corrected chi connectivity index (χ1v) is 11.8. The van der Waals surface area contributed by atoms with Crippen LogP contribution in [-0.2, 0) is 12.4 Å². The Bertz CT molecular complexity index is 1320. The first-order chi connectivity index (χ1) is 16.5. The van der Waals surface area contributed by atoms with Crippen molar-refractivity contribution in [2.24, 2.45) is 0 Å². The Labute approximate surface area is 212 Å². The summed E-state index contributed by atoms with van der Waals surface area (Å²) in [7, 11) is 0. The Morgan fingerprint density at radius 1 is 0.743 bits per heavy atom. The third-order valence-electron chi connectivity index (χ3n) is 5.06. The summed E-state index contributed by atoms with van der Waals surface area (Å²) in [4.78, 5) is 6.83. The van der Waals surface area contributed by atoms with Gasteiger partial charge in [0.15, 0.2) is 11.6 Å². The standard InChI is InChI=1S/C23H14Br2F6N4/c24-18(13-6-5-11-32-12-13)19(25)35-21(15-8-2-4-10-17(15)23(29,30)31)33-20(34-35)14-7-1-3-9-16(14)22(26,27)28/h1-12,18-19H. The van der Waals surface area contributed by atoms with Gasteiger partial charge in [-0.15, -0.1) is 5.10 Å². The van der Waals surface area contributed by atoms with Crippen LogP contribution in [-0.4, -0.2) is 19.7 Å². The van der Waals surface area contributed by atoms with Crippen molar-refractivity contribution in [1.29, 1.82) is 0 Å². The molecule has 2 heterocycles. The summed E-state index contributed by atoms with van der Waals surface area (Å²) in [5.41, 5.74) is -1.99. The minimum atomic E-state index is -4.73. The van der Waals surface area contributed by atoms with Crippen molar-refractivity contribution in [2.45, 2.75) is 22.1 Å². The molecule has 0 amide bonds. The topological polar surface area (TPSA) is 43.6 Å². The maximum absolute atomic E-state index is 13.8. The molecule has 2 aromatic carbocycles. The molecule has 4 rings (SSSR count). The zero-order chi connectivity index (χ0) is 25.4. The second kappa shape index (κ2) is 9.73. The van der Waals surface area contributed by atoms with Gasteiger partial charge in [0.2, 0.25) is 0 Å². The lowest BCUT2D eigenvalue weighted by Gasteiger charge is -2.20. The fraction of sp³-hybridized carbons (Fsp3) is 0.174. The molecule has 0 aliphatic heterocycles. The van der Waals surface area contributed by atoms with Crippen LogP contribution in [0.5, 0.6) is 0 Å². The quantitative estimate of drug-likeness (QED) is 0.168. The zero-order valence-electron chi connectivity index (χ0n) is 17.4. The Kier molecular flexibility index (Phi) is 7.05. The molecule has 0 fully saturated rings. The summed E-state index contributed by atoms with van der Waals surface area (Å²) in [6.45, 7) is 0. The second-order valence-corrected chi connectivity index (χ2v) is 9.28. The van der Waals surface area contributed by atoms with E-state index in [4.69, 9.17) is 0 Å². The van der Waals surface area contributed by atoms with Crippen molar-refractivity contribution in [3.8, 4) is 22.8 Å². The number of halogens is 8. The molecule has 12 heteroatoms. The van der Waals surface area contributed by atoms with Crippen molar-refractivity contribution < 1.29 is 26.3 Å². The number of benzene rings is 2. The van der Waals surface area contributed by atoms with Crippen molar-refractivity contribution in [3.05, 3.63) is 89.7 Å². The van der Waals surface area contributed by atoms with Gasteiger partial charge in [0.25, 0.3) is 0 Å². The fourth-order valence-corrected chi connectivity index (χ4v) is 4.55. The van der Waals surface area contributed by atoms with E-state index in [1.54, 1.807) is 24.5 Å². The van der Waals surface area contributed by atoms with Crippen molar-refractivity contribution in [3.63, 3.8) is 0 Å². The Balaban J connectivity index is 1.94. The summed E-state index contributed by atoms with van der Waals surface area (Å²) in [6, 6.07) is 12.8. The van der Waals surface area contributed by atoms with E-state index in [1.807, 2.05) is 0 Å². The molecule has 35 heavy (non-hydrogen) atoms. The Morgan fingerprint density at radius 3 is 1.89 bits per heavy atom. The van der Waals surface area contributed by atoms with Gasteiger partial charge in [-0.3, -0.25) is 4.98 Å². The molecule has 0 spiro atoms. The van der Waals surface area contributed by atoms with Gasteiger partial charge >= 0.3 is 12.4 Å². The first kappa shape index (κ1) is 25.4. The molecule has 4 nitrogen and oxygen atoms in total. The average molecular weight is 620 g/mol. The van der Waals surface area contributed by atoms with Crippen LogP contribution in [0.4, 0.5) is 26.3 Å². The number of pyridine rings is 1. The van der Waals surface area contributed by atoms with Gasteiger partial charge in [-0.05, 0) is 23.8 Å². The maximum atomic E-state index is 13.8. The molecule has 0 saturated carbocycles. The Hall–Kier alpha value is -2.73. The summed E-state index contributed by atoms with van der Waals surface area (Å²) in [5.74, 6) is -0.611. The monoisotopic (exact) mass is 618 g/mol. The normalized spacial score (nSPS) is 14.1. The molecule has 0 aliphatic rings. The van der Waals surface area contributed by atoms with E-state index >= 15 is 0 Å². The second-order valence-electron chi connectivity index (χ2n) is 7.35. The lowest BCUT2D eigenvalue weighted by atomic mass is 10.1. The maximum Gasteiger partial charge on any atom is 0.417 e. The van der Waals surface area contributed by atoms with Gasteiger partial charge in [-0.1, -0.05) is 74.3 Å². The van der Waals surface area contributed by atoms with Crippen LogP contribution in [0.15, 0.2) is 73.1 Å². The highest BCUT2D eigenvalue weighted by molar-refractivity contribution is 9.11. The fourth-order valence-electron chi connectivity index (χ4n) is 3.47. The van der Waals surface area contributed by atoms with Gasteiger partial charge in [0.05, 0.1) is 16.0 Å². The number of hydrogen-bond acceptors (Lipinski definition) is 3. The third kappa shape index (κ3) is 5.27. The SMILES string of the molecule is FC(F)(F)c1ccccc1-c1nc(-c2ccccc2C(F)(F)F)n(C(Br)C(Br)c2cccnc2)n1. The number of alkyl halides is 8. The summed E-state index contributed by atoms with van der Waals surface area (Å²) in [6.07, 6.45) is -6.34. The molecule has 0 aliphatic carbocycles. The lowest BCUT2D eigenvalue weighted by molar-refractivity contribution is -0.137. The van der Waals surface area contributed by atoms with E-state index in [2.05, 4.69) is 46.9 Å². The summed E-state index contributed by atoms with van der Waals surface area (Å²) in [5, 5.41) is 4.24. The number of rotatable bonds is 5. The van der Waals surface area contributed by atoms with E-state index in [1.165, 1.54) is 36.4 Å². The average Bonchev–Trinajstić information content (AvgIpc) is 3.28. The van der Waals surface area contributed by atoms with Gasteiger partial charge in [-0.2, -0.15) is 26.3 Å². The van der Waals surface area contributed by atoms with Crippen LogP contribution in [0.25, 0.3) is 22.8 Å². The largest absolute Gasteiger partial charge is 0.417 e. The van der Waals surface area contributed by atoms with Crippen LogP contribution in [0.2, 0.25) is 0 Å². The van der Waals surface area contributed by atoms with Crippen LogP contribution in [0.3, 0.4) is 0 Å². The van der Waals surface area contributed by atoms with Gasteiger partial charge < -0.3 is 0 Å². The van der Waals surface area contributed by atoms with E-state index in [0.717, 1.165) is 16.8 Å². The molecule has 2 unspecified atom stereocenters. The van der Waals surface area contributed by atoms with E-state index in [0.29, 0.717) is 5.56 Å². The van der Waals surface area contributed by atoms with E-state index in [-0.39, 0.29) is 22.8 Å². The van der Waals surface area contributed by atoms with E-state index in [9.17, 15) is 26.3 Å². The molecule has 4 aromatic rings. The molecular weight excluding hydrogens is 606 g/mol. The molecule has 0 radical (unpaired) electrons. The van der Waals surface area contributed by atoms with Crippen molar-refractivity contribution in [2.75, 3.05) is 0 Å². The lowest BCUT2D eigenvalue weighted by Crippen LogP contribution is -2.14. The van der Waals surface area contributed by atoms with Crippen LogP contribution in [0.1, 0.15) is 26.5 Å². The molecule has 2 aromatic heterocycles. The van der Waals surface area contributed by atoms with Crippen molar-refractivity contribution in [1.82, 2.24) is 19.7 Å². The molecule has 0 saturated heterocycles. The molecular formula is C23H14Br2F6N4. The van der Waals surface area contributed by atoms with Gasteiger partial charge in [-0.25, -0.2) is 9.67 Å². The summed E-state index contributed by atoms with van der Waals surface area (Å²) >= 11 is 6.92. The Morgan fingerprint density at radius 2 is 1.31 bits per heavy atom. The zero-order valence-corrected chi connectivity index (χ0v) is 20.6. The van der Waals surface area contributed by atoms with Crippen LogP contribution in [0, 0.1) is 0 Å². The molecule has 182 valence electrons. The highest BCUT2D eigenvalue weighted by Crippen LogP contribution is 2.44. The van der Waals surface area contributed by atoms with Crippen LogP contribution < -0.4 is 0 Å². The van der Waals surface area contributed by atoms with E-state index < -0.39 is 33.3 Å². The highest BCUT2D eigenvalue weighted by atomic mass is 79.9. The predicted octanol–water partition coefficient (Wildman–Crippen LogP) is 8.07. The molecule has 0 bridgehead atoms. The molecule has 2 atom stereocenters. The minimum absolute atomic E-state index is 0.250.